The summed E-state index contributed by atoms with van der Waals surface area (Å²) in [5, 5.41) is 3.33. The first-order valence-electron chi connectivity index (χ1n) is 5.94. The number of hydrogen-bond acceptors (Lipinski definition) is 2. The molecule has 1 rings (SSSR count). The van der Waals surface area contributed by atoms with E-state index in [-0.39, 0.29) is 0 Å². The van der Waals surface area contributed by atoms with Crippen molar-refractivity contribution in [1.29, 1.82) is 0 Å². The molecule has 100 valence electrons. The predicted molar refractivity (Wildman–Crippen MR) is 81.6 cm³/mol. The number of aliphatic imine (C=N–C) groups is 1. The van der Waals surface area contributed by atoms with Gasteiger partial charge >= 0.3 is 0 Å². The van der Waals surface area contributed by atoms with Crippen molar-refractivity contribution in [1.82, 2.24) is 10.2 Å². The summed E-state index contributed by atoms with van der Waals surface area (Å²) >= 11 is 7.53. The molecule has 1 heterocycles. The Bertz CT molecular complexity index is 412. The Hall–Kier alpha value is -1.000. The van der Waals surface area contributed by atoms with E-state index in [2.05, 4.69) is 33.4 Å². The van der Waals surface area contributed by atoms with E-state index in [0.29, 0.717) is 0 Å². The summed E-state index contributed by atoms with van der Waals surface area (Å²) in [6.45, 7) is 3.74. The maximum atomic E-state index is 5.92. The van der Waals surface area contributed by atoms with Crippen molar-refractivity contribution in [2.75, 3.05) is 20.6 Å². The summed E-state index contributed by atoms with van der Waals surface area (Å²) in [5.41, 5.74) is 0. The van der Waals surface area contributed by atoms with Crippen molar-refractivity contribution in [3.63, 3.8) is 0 Å². The average Bonchev–Trinajstić information content (AvgIpc) is 2.75. The smallest absolute Gasteiger partial charge is 0.193 e. The topological polar surface area (TPSA) is 27.6 Å². The number of halogens is 1. The summed E-state index contributed by atoms with van der Waals surface area (Å²) < 4.78 is 0.828. The Morgan fingerprint density at radius 3 is 2.89 bits per heavy atom. The van der Waals surface area contributed by atoms with E-state index in [1.54, 1.807) is 18.4 Å². The maximum absolute atomic E-state index is 5.92. The van der Waals surface area contributed by atoms with Crippen molar-refractivity contribution < 1.29 is 0 Å². The minimum absolute atomic E-state index is 0.820. The van der Waals surface area contributed by atoms with Gasteiger partial charge in [0.1, 0.15) is 0 Å². The Kier molecular flexibility index (Phi) is 6.83. The number of guanidine groups is 1. The van der Waals surface area contributed by atoms with Crippen LogP contribution in [0.1, 0.15) is 18.2 Å². The second kappa shape index (κ2) is 8.16. The lowest BCUT2D eigenvalue weighted by Crippen LogP contribution is -2.38. The van der Waals surface area contributed by atoms with Crippen molar-refractivity contribution in [3.05, 3.63) is 33.5 Å². The summed E-state index contributed by atoms with van der Waals surface area (Å²) in [7, 11) is 3.83. The Morgan fingerprint density at radius 2 is 2.33 bits per heavy atom. The molecule has 1 aromatic rings. The first-order chi connectivity index (χ1) is 8.67. The predicted octanol–water partition coefficient (Wildman–Crippen LogP) is 3.37. The van der Waals surface area contributed by atoms with E-state index in [1.807, 2.05) is 20.0 Å². The van der Waals surface area contributed by atoms with Crippen molar-refractivity contribution in [2.45, 2.75) is 19.9 Å². The molecule has 0 amide bonds. The van der Waals surface area contributed by atoms with E-state index in [1.165, 1.54) is 4.88 Å². The maximum Gasteiger partial charge on any atom is 0.193 e. The average molecular weight is 286 g/mol. The minimum atomic E-state index is 0.820. The number of nitrogens with one attached hydrogen (secondary N) is 1. The van der Waals surface area contributed by atoms with Gasteiger partial charge in [0.2, 0.25) is 0 Å². The van der Waals surface area contributed by atoms with Crippen LogP contribution in [0.2, 0.25) is 4.34 Å². The van der Waals surface area contributed by atoms with Crippen LogP contribution < -0.4 is 5.32 Å². The van der Waals surface area contributed by atoms with Crippen LogP contribution in [0.4, 0.5) is 0 Å². The highest BCUT2D eigenvalue weighted by atomic mass is 35.5. The van der Waals surface area contributed by atoms with Crippen LogP contribution >= 0.6 is 22.9 Å². The van der Waals surface area contributed by atoms with E-state index in [9.17, 15) is 0 Å². The van der Waals surface area contributed by atoms with Gasteiger partial charge < -0.3 is 10.2 Å². The third-order valence-corrected chi connectivity index (χ3v) is 3.64. The molecule has 1 aromatic heterocycles. The van der Waals surface area contributed by atoms with Gasteiger partial charge in [-0.15, -0.1) is 11.3 Å². The zero-order chi connectivity index (χ0) is 13.4. The fourth-order valence-corrected chi connectivity index (χ4v) is 2.71. The molecule has 0 aliphatic rings. The second-order valence-corrected chi connectivity index (χ2v) is 5.69. The number of rotatable bonds is 5. The van der Waals surface area contributed by atoms with E-state index < -0.39 is 0 Å². The molecule has 0 saturated carbocycles. The van der Waals surface area contributed by atoms with Gasteiger partial charge in [0.15, 0.2) is 5.96 Å². The number of allylic oxidation sites excluding steroid dienone is 1. The molecule has 0 radical (unpaired) electrons. The zero-order valence-electron chi connectivity index (χ0n) is 11.1. The summed E-state index contributed by atoms with van der Waals surface area (Å²) in [4.78, 5) is 7.60. The van der Waals surface area contributed by atoms with Crippen LogP contribution in [0.5, 0.6) is 0 Å². The normalized spacial score (nSPS) is 12.1. The Morgan fingerprint density at radius 1 is 1.56 bits per heavy atom. The van der Waals surface area contributed by atoms with Crippen molar-refractivity contribution >= 4 is 28.9 Å². The number of hydrogen-bond donors (Lipinski definition) is 1. The van der Waals surface area contributed by atoms with E-state index >= 15 is 0 Å². The number of thiophene rings is 1. The van der Waals surface area contributed by atoms with Gasteiger partial charge in [0, 0.05) is 25.5 Å². The number of nitrogens with zero attached hydrogens (tertiary/aromatic N) is 2. The highest BCUT2D eigenvalue weighted by molar-refractivity contribution is 7.16. The summed E-state index contributed by atoms with van der Waals surface area (Å²) in [6, 6.07) is 3.98. The highest BCUT2D eigenvalue weighted by Crippen LogP contribution is 2.22. The summed E-state index contributed by atoms with van der Waals surface area (Å²) in [5.74, 6) is 0.907. The fourth-order valence-electron chi connectivity index (χ4n) is 1.56. The molecule has 0 bridgehead atoms. The van der Waals surface area contributed by atoms with Crippen LogP contribution in [0, 0.1) is 0 Å². The standard InChI is InChI=1S/C13H20ClN3S/c1-4-5-6-9-16-13(15-2)17(3)10-11-7-8-12(14)18-11/h4-5,7-8H,6,9-10H2,1-3H3,(H,15,16)/b5-4+. The monoisotopic (exact) mass is 285 g/mol. The van der Waals surface area contributed by atoms with Gasteiger partial charge in [-0.05, 0) is 25.5 Å². The minimum Gasteiger partial charge on any atom is -0.356 e. The molecule has 0 aliphatic carbocycles. The molecule has 0 saturated heterocycles. The zero-order valence-corrected chi connectivity index (χ0v) is 12.7. The van der Waals surface area contributed by atoms with Crippen molar-refractivity contribution in [3.8, 4) is 0 Å². The van der Waals surface area contributed by atoms with Gasteiger partial charge in [-0.3, -0.25) is 4.99 Å². The molecule has 0 atom stereocenters. The summed E-state index contributed by atoms with van der Waals surface area (Å²) in [6.07, 6.45) is 5.20. The van der Waals surface area contributed by atoms with Gasteiger partial charge in [0.25, 0.3) is 0 Å². The van der Waals surface area contributed by atoms with Gasteiger partial charge in [-0.25, -0.2) is 0 Å². The van der Waals surface area contributed by atoms with E-state index in [0.717, 1.165) is 29.8 Å². The third kappa shape index (κ3) is 5.10. The van der Waals surface area contributed by atoms with Gasteiger partial charge in [-0.2, -0.15) is 0 Å². The Labute approximate surface area is 118 Å². The third-order valence-electron chi connectivity index (χ3n) is 2.43. The largest absolute Gasteiger partial charge is 0.356 e. The van der Waals surface area contributed by atoms with Crippen LogP contribution in [0.25, 0.3) is 0 Å². The molecule has 3 nitrogen and oxygen atoms in total. The SMILES string of the molecule is C/C=C/CCNC(=NC)N(C)Cc1ccc(Cl)s1. The molecular formula is C13H20ClN3S. The molecule has 0 spiro atoms. The van der Waals surface area contributed by atoms with Crippen molar-refractivity contribution in [2.24, 2.45) is 4.99 Å². The molecule has 0 fully saturated rings. The first kappa shape index (κ1) is 15.1. The highest BCUT2D eigenvalue weighted by Gasteiger charge is 2.07. The van der Waals surface area contributed by atoms with Crippen LogP contribution in [0.3, 0.4) is 0 Å². The Balaban J connectivity index is 2.44. The molecule has 0 aliphatic heterocycles. The lowest BCUT2D eigenvalue weighted by atomic mass is 10.4. The molecule has 18 heavy (non-hydrogen) atoms. The molecular weight excluding hydrogens is 266 g/mol. The van der Waals surface area contributed by atoms with Gasteiger partial charge in [0.05, 0.1) is 10.9 Å². The van der Waals surface area contributed by atoms with E-state index in [4.69, 9.17) is 11.6 Å². The molecule has 0 aromatic carbocycles. The molecule has 0 unspecified atom stereocenters. The second-order valence-electron chi connectivity index (χ2n) is 3.89. The molecule has 5 heteroatoms. The first-order valence-corrected chi connectivity index (χ1v) is 7.14. The fraction of sp³-hybridized carbons (Fsp3) is 0.462. The van der Waals surface area contributed by atoms with Crippen LogP contribution in [-0.2, 0) is 6.54 Å². The van der Waals surface area contributed by atoms with Crippen LogP contribution in [0.15, 0.2) is 29.3 Å². The van der Waals surface area contributed by atoms with Crippen LogP contribution in [-0.4, -0.2) is 31.5 Å². The quantitative estimate of drug-likeness (QED) is 0.389. The molecule has 1 N–H and O–H groups in total. The lowest BCUT2D eigenvalue weighted by Gasteiger charge is -2.21. The lowest BCUT2D eigenvalue weighted by molar-refractivity contribution is 0.482. The van der Waals surface area contributed by atoms with Gasteiger partial charge in [-0.1, -0.05) is 23.8 Å².